The van der Waals surface area contributed by atoms with Crippen molar-refractivity contribution in [3.8, 4) is 0 Å². The van der Waals surface area contributed by atoms with Crippen LogP contribution in [0.25, 0.3) is 0 Å². The van der Waals surface area contributed by atoms with Gasteiger partial charge in [-0.3, -0.25) is 4.79 Å². The smallest absolute Gasteiger partial charge is 0.306 e. The molecule has 4 atom stereocenters. The molecule has 0 aromatic carbocycles. The summed E-state index contributed by atoms with van der Waals surface area (Å²) in [5.74, 6) is 1.33. The Bertz CT molecular complexity index is 264. The maximum Gasteiger partial charge on any atom is 0.306 e. The quantitative estimate of drug-likeness (QED) is 0.559. The van der Waals surface area contributed by atoms with Crippen molar-refractivity contribution in [1.82, 2.24) is 0 Å². The standard InChI is InChI=1S/C10H15NO2/c11-8-2-7-1-6(8)3-10(7)4-9(12)13-5-10/h6-8H,1-5,11H2/t6?,7?,8?,10-/m1/s1. The lowest BCUT2D eigenvalue weighted by Crippen LogP contribution is -2.37. The summed E-state index contributed by atoms with van der Waals surface area (Å²) < 4.78 is 5.10. The van der Waals surface area contributed by atoms with Gasteiger partial charge in [0.2, 0.25) is 0 Å². The summed E-state index contributed by atoms with van der Waals surface area (Å²) in [7, 11) is 0. The SMILES string of the molecule is NC1CC2CC1C[C@@]21COC(=O)C1. The summed E-state index contributed by atoms with van der Waals surface area (Å²) in [5.41, 5.74) is 6.19. The Balaban J connectivity index is 1.85. The number of carbonyl (C=O) groups is 1. The summed E-state index contributed by atoms with van der Waals surface area (Å²) in [6, 6.07) is 0.395. The third-order valence-electron chi connectivity index (χ3n) is 4.30. The van der Waals surface area contributed by atoms with E-state index in [0.717, 1.165) is 12.8 Å². The van der Waals surface area contributed by atoms with Gasteiger partial charge in [-0.25, -0.2) is 0 Å². The molecular formula is C10H15NO2. The van der Waals surface area contributed by atoms with Crippen molar-refractivity contribution in [2.75, 3.05) is 6.61 Å². The fraction of sp³-hybridized carbons (Fsp3) is 0.900. The number of nitrogens with two attached hydrogens (primary N) is 1. The Morgan fingerprint density at radius 3 is 2.77 bits per heavy atom. The average Bonchev–Trinajstić information content (AvgIpc) is 2.68. The van der Waals surface area contributed by atoms with E-state index in [1.165, 1.54) is 6.42 Å². The monoisotopic (exact) mass is 181 g/mol. The molecular weight excluding hydrogens is 166 g/mol. The van der Waals surface area contributed by atoms with Crippen LogP contribution in [0.1, 0.15) is 25.7 Å². The maximum absolute atomic E-state index is 11.1. The van der Waals surface area contributed by atoms with Gasteiger partial charge in [0.05, 0.1) is 13.0 Å². The van der Waals surface area contributed by atoms with Gasteiger partial charge >= 0.3 is 5.97 Å². The van der Waals surface area contributed by atoms with E-state index in [9.17, 15) is 4.79 Å². The molecule has 3 rings (SSSR count). The molecule has 0 aromatic heterocycles. The molecule has 3 unspecified atom stereocenters. The third-order valence-corrected chi connectivity index (χ3v) is 4.30. The third kappa shape index (κ3) is 0.909. The summed E-state index contributed by atoms with van der Waals surface area (Å²) in [4.78, 5) is 11.1. The lowest BCUT2D eigenvalue weighted by Gasteiger charge is -2.32. The number of fused-ring (bicyclic) bond motifs is 3. The van der Waals surface area contributed by atoms with Crippen molar-refractivity contribution in [3.63, 3.8) is 0 Å². The summed E-state index contributed by atoms with van der Waals surface area (Å²) in [6.45, 7) is 0.666. The molecule has 2 bridgehead atoms. The molecule has 3 heteroatoms. The first-order valence-electron chi connectivity index (χ1n) is 5.11. The van der Waals surface area contributed by atoms with Gasteiger partial charge in [0.25, 0.3) is 0 Å². The van der Waals surface area contributed by atoms with Crippen molar-refractivity contribution < 1.29 is 9.53 Å². The van der Waals surface area contributed by atoms with Crippen LogP contribution in [0.4, 0.5) is 0 Å². The molecule has 2 aliphatic carbocycles. The van der Waals surface area contributed by atoms with Crippen molar-refractivity contribution in [1.29, 1.82) is 0 Å². The highest BCUT2D eigenvalue weighted by Gasteiger charge is 2.57. The van der Waals surface area contributed by atoms with Gasteiger partial charge in [-0.1, -0.05) is 0 Å². The van der Waals surface area contributed by atoms with Gasteiger partial charge < -0.3 is 10.5 Å². The number of hydrogen-bond acceptors (Lipinski definition) is 3. The number of cyclic esters (lactones) is 1. The van der Waals surface area contributed by atoms with Crippen LogP contribution in [0.15, 0.2) is 0 Å². The van der Waals surface area contributed by atoms with E-state index in [2.05, 4.69) is 0 Å². The Morgan fingerprint density at radius 2 is 2.31 bits per heavy atom. The van der Waals surface area contributed by atoms with E-state index < -0.39 is 0 Å². The van der Waals surface area contributed by atoms with E-state index >= 15 is 0 Å². The topological polar surface area (TPSA) is 52.3 Å². The zero-order chi connectivity index (χ0) is 9.05. The van der Waals surface area contributed by atoms with E-state index in [1.54, 1.807) is 0 Å². The Morgan fingerprint density at radius 1 is 1.46 bits per heavy atom. The zero-order valence-corrected chi connectivity index (χ0v) is 7.66. The van der Waals surface area contributed by atoms with E-state index in [4.69, 9.17) is 10.5 Å². The predicted molar refractivity (Wildman–Crippen MR) is 46.8 cm³/mol. The van der Waals surface area contributed by atoms with Crippen LogP contribution in [-0.2, 0) is 9.53 Å². The van der Waals surface area contributed by atoms with Crippen LogP contribution in [0.3, 0.4) is 0 Å². The molecule has 72 valence electrons. The molecule has 2 N–H and O–H groups in total. The van der Waals surface area contributed by atoms with Crippen molar-refractivity contribution in [2.45, 2.75) is 31.7 Å². The number of carbonyl (C=O) groups excluding carboxylic acids is 1. The zero-order valence-electron chi connectivity index (χ0n) is 7.66. The van der Waals surface area contributed by atoms with E-state index in [0.29, 0.717) is 30.9 Å². The largest absolute Gasteiger partial charge is 0.465 e. The van der Waals surface area contributed by atoms with Gasteiger partial charge in [-0.15, -0.1) is 0 Å². The molecule has 1 heterocycles. The number of hydrogen-bond donors (Lipinski definition) is 1. The molecule has 3 nitrogen and oxygen atoms in total. The molecule has 13 heavy (non-hydrogen) atoms. The Labute approximate surface area is 77.6 Å². The van der Waals surface area contributed by atoms with Crippen LogP contribution in [0, 0.1) is 17.3 Å². The molecule has 0 radical (unpaired) electrons. The summed E-state index contributed by atoms with van der Waals surface area (Å²) in [6.07, 6.45) is 4.13. The van der Waals surface area contributed by atoms with Crippen LogP contribution in [-0.4, -0.2) is 18.6 Å². The fourth-order valence-corrected chi connectivity index (χ4v) is 3.59. The highest BCUT2D eigenvalue weighted by molar-refractivity contribution is 5.72. The molecule has 1 saturated heterocycles. The first-order valence-corrected chi connectivity index (χ1v) is 5.11. The molecule has 0 aromatic rings. The lowest BCUT2D eigenvalue weighted by molar-refractivity contribution is -0.137. The van der Waals surface area contributed by atoms with E-state index in [1.807, 2.05) is 0 Å². The first-order chi connectivity index (χ1) is 6.20. The minimum atomic E-state index is 0.00104. The van der Waals surface area contributed by atoms with Crippen LogP contribution in [0.2, 0.25) is 0 Å². The fourth-order valence-electron chi connectivity index (χ4n) is 3.59. The molecule has 3 fully saturated rings. The van der Waals surface area contributed by atoms with Crippen molar-refractivity contribution in [2.24, 2.45) is 23.0 Å². The second kappa shape index (κ2) is 2.27. The minimum absolute atomic E-state index is 0.00104. The van der Waals surface area contributed by atoms with Gasteiger partial charge in [0.15, 0.2) is 0 Å². The van der Waals surface area contributed by atoms with Gasteiger partial charge in [0.1, 0.15) is 0 Å². The molecule has 1 aliphatic heterocycles. The number of esters is 1. The lowest BCUT2D eigenvalue weighted by atomic mass is 9.71. The number of rotatable bonds is 0. The normalized spacial score (nSPS) is 53.3. The highest BCUT2D eigenvalue weighted by Crippen LogP contribution is 2.58. The second-order valence-corrected chi connectivity index (χ2v) is 5.00. The van der Waals surface area contributed by atoms with Crippen LogP contribution in [0.5, 0.6) is 0 Å². The average molecular weight is 181 g/mol. The van der Waals surface area contributed by atoms with E-state index in [-0.39, 0.29) is 11.4 Å². The van der Waals surface area contributed by atoms with Crippen molar-refractivity contribution >= 4 is 5.97 Å². The second-order valence-electron chi connectivity index (χ2n) is 5.00. The first kappa shape index (κ1) is 7.80. The Kier molecular flexibility index (Phi) is 1.36. The minimum Gasteiger partial charge on any atom is -0.465 e. The van der Waals surface area contributed by atoms with Gasteiger partial charge in [-0.2, -0.15) is 0 Å². The highest BCUT2D eigenvalue weighted by atomic mass is 16.5. The van der Waals surface area contributed by atoms with Crippen LogP contribution >= 0.6 is 0 Å². The molecule has 2 saturated carbocycles. The van der Waals surface area contributed by atoms with Crippen LogP contribution < -0.4 is 5.73 Å². The molecule has 0 amide bonds. The Hall–Kier alpha value is -0.570. The van der Waals surface area contributed by atoms with Crippen molar-refractivity contribution in [3.05, 3.63) is 0 Å². The number of ether oxygens (including phenoxy) is 1. The summed E-state index contributed by atoms with van der Waals surface area (Å²) in [5, 5.41) is 0. The molecule has 3 aliphatic rings. The summed E-state index contributed by atoms with van der Waals surface area (Å²) >= 11 is 0. The maximum atomic E-state index is 11.1. The van der Waals surface area contributed by atoms with Gasteiger partial charge in [0, 0.05) is 11.5 Å². The van der Waals surface area contributed by atoms with Gasteiger partial charge in [-0.05, 0) is 31.1 Å². The predicted octanol–water partition coefficient (Wildman–Crippen LogP) is 0.677. The molecule has 1 spiro atoms.